The summed E-state index contributed by atoms with van der Waals surface area (Å²) in [5, 5.41) is 0. The lowest BCUT2D eigenvalue weighted by atomic mass is 10.0. The summed E-state index contributed by atoms with van der Waals surface area (Å²) in [6.45, 7) is -2.98. The van der Waals surface area contributed by atoms with Gasteiger partial charge < -0.3 is 4.74 Å². The molecule has 128 valence electrons. The van der Waals surface area contributed by atoms with Crippen molar-refractivity contribution in [3.8, 4) is 5.75 Å². The Bertz CT molecular complexity index is 693. The van der Waals surface area contributed by atoms with Gasteiger partial charge in [0.05, 0.1) is 5.56 Å². The predicted octanol–water partition coefficient (Wildman–Crippen LogP) is 5.12. The van der Waals surface area contributed by atoms with Gasteiger partial charge in [-0.25, -0.2) is 0 Å². The number of halogens is 5. The first-order valence-corrected chi connectivity index (χ1v) is 7.00. The molecular formula is C17H13F5O2. The standard InChI is InChI=1S/C17H13F5O2/c18-16(19)24-14-3-1-2-12(10-14)15(23)9-6-11-4-7-13(8-5-11)17(20,21)22/h1-5,7-8,10,16H,6,9H2. The highest BCUT2D eigenvalue weighted by molar-refractivity contribution is 5.96. The molecule has 0 radical (unpaired) electrons. The van der Waals surface area contributed by atoms with Crippen molar-refractivity contribution in [3.05, 3.63) is 65.2 Å². The molecule has 0 aliphatic rings. The minimum Gasteiger partial charge on any atom is -0.435 e. The quantitative estimate of drug-likeness (QED) is 0.537. The van der Waals surface area contributed by atoms with Crippen LogP contribution in [0.2, 0.25) is 0 Å². The molecule has 0 N–H and O–H groups in total. The number of carbonyl (C=O) groups is 1. The fourth-order valence-corrected chi connectivity index (χ4v) is 2.11. The molecule has 0 amide bonds. The number of rotatable bonds is 6. The smallest absolute Gasteiger partial charge is 0.416 e. The van der Waals surface area contributed by atoms with E-state index >= 15 is 0 Å². The second-order valence-corrected chi connectivity index (χ2v) is 5.02. The fourth-order valence-electron chi connectivity index (χ4n) is 2.11. The Balaban J connectivity index is 1.98. The van der Waals surface area contributed by atoms with E-state index in [4.69, 9.17) is 0 Å². The third-order valence-electron chi connectivity index (χ3n) is 3.30. The summed E-state index contributed by atoms with van der Waals surface area (Å²) < 4.78 is 65.9. The lowest BCUT2D eigenvalue weighted by Crippen LogP contribution is -2.06. The highest BCUT2D eigenvalue weighted by atomic mass is 19.4. The number of ether oxygens (including phenoxy) is 1. The molecule has 7 heteroatoms. The summed E-state index contributed by atoms with van der Waals surface area (Å²) in [5.41, 5.74) is 0.0332. The van der Waals surface area contributed by atoms with Gasteiger partial charge in [-0.1, -0.05) is 24.3 Å². The molecule has 0 aliphatic heterocycles. The van der Waals surface area contributed by atoms with Crippen molar-refractivity contribution in [1.29, 1.82) is 0 Å². The maximum Gasteiger partial charge on any atom is 0.416 e. The molecule has 0 saturated carbocycles. The second-order valence-electron chi connectivity index (χ2n) is 5.02. The average molecular weight is 344 g/mol. The summed E-state index contributed by atoms with van der Waals surface area (Å²) >= 11 is 0. The van der Waals surface area contributed by atoms with Gasteiger partial charge in [-0.2, -0.15) is 22.0 Å². The first kappa shape index (κ1) is 17.9. The Morgan fingerprint density at radius 1 is 1.04 bits per heavy atom. The van der Waals surface area contributed by atoms with Crippen molar-refractivity contribution >= 4 is 5.78 Å². The van der Waals surface area contributed by atoms with E-state index in [9.17, 15) is 26.7 Å². The molecule has 0 unspecified atom stereocenters. The molecule has 0 heterocycles. The van der Waals surface area contributed by atoms with Gasteiger partial charge in [0, 0.05) is 12.0 Å². The van der Waals surface area contributed by atoms with Crippen LogP contribution in [0.4, 0.5) is 22.0 Å². The minimum absolute atomic E-state index is 0.0451. The lowest BCUT2D eigenvalue weighted by Gasteiger charge is -2.08. The molecule has 2 nitrogen and oxygen atoms in total. The Hall–Kier alpha value is -2.44. The van der Waals surface area contributed by atoms with Gasteiger partial charge in [0.25, 0.3) is 0 Å². The fraction of sp³-hybridized carbons (Fsp3) is 0.235. The van der Waals surface area contributed by atoms with Crippen molar-refractivity contribution in [2.24, 2.45) is 0 Å². The number of hydrogen-bond donors (Lipinski definition) is 0. The van der Waals surface area contributed by atoms with Gasteiger partial charge in [0.1, 0.15) is 5.75 Å². The first-order chi connectivity index (χ1) is 11.3. The molecule has 0 atom stereocenters. The molecule has 0 spiro atoms. The maximum atomic E-state index is 12.5. The van der Waals surface area contributed by atoms with E-state index in [1.165, 1.54) is 36.4 Å². The van der Waals surface area contributed by atoms with Crippen molar-refractivity contribution in [2.45, 2.75) is 25.6 Å². The van der Waals surface area contributed by atoms with E-state index in [-0.39, 0.29) is 29.9 Å². The topological polar surface area (TPSA) is 26.3 Å². The van der Waals surface area contributed by atoms with Crippen LogP contribution in [0.15, 0.2) is 48.5 Å². The number of benzene rings is 2. The second kappa shape index (κ2) is 7.42. The van der Waals surface area contributed by atoms with E-state index in [0.717, 1.165) is 12.1 Å². The summed E-state index contributed by atoms with van der Waals surface area (Å²) in [4.78, 5) is 12.1. The van der Waals surface area contributed by atoms with Gasteiger partial charge >= 0.3 is 12.8 Å². The third kappa shape index (κ3) is 5.04. The Kier molecular flexibility index (Phi) is 5.54. The van der Waals surface area contributed by atoms with E-state index in [2.05, 4.69) is 4.74 Å². The number of carbonyl (C=O) groups excluding carboxylic acids is 1. The van der Waals surface area contributed by atoms with Crippen LogP contribution in [0.25, 0.3) is 0 Å². The monoisotopic (exact) mass is 344 g/mol. The van der Waals surface area contributed by atoms with E-state index in [1.54, 1.807) is 0 Å². The van der Waals surface area contributed by atoms with Crippen molar-refractivity contribution < 1.29 is 31.5 Å². The first-order valence-electron chi connectivity index (χ1n) is 7.00. The van der Waals surface area contributed by atoms with E-state index < -0.39 is 18.4 Å². The number of alkyl halides is 5. The van der Waals surface area contributed by atoms with Gasteiger partial charge in [-0.3, -0.25) is 4.79 Å². The van der Waals surface area contributed by atoms with Crippen LogP contribution < -0.4 is 4.74 Å². The lowest BCUT2D eigenvalue weighted by molar-refractivity contribution is -0.137. The Morgan fingerprint density at radius 2 is 1.71 bits per heavy atom. The van der Waals surface area contributed by atoms with Crippen LogP contribution in [0.5, 0.6) is 5.75 Å². The molecule has 2 aromatic carbocycles. The van der Waals surface area contributed by atoms with Crippen molar-refractivity contribution in [1.82, 2.24) is 0 Å². The number of aryl methyl sites for hydroxylation is 1. The van der Waals surface area contributed by atoms with E-state index in [0.29, 0.717) is 5.56 Å². The molecule has 0 aliphatic carbocycles. The number of ketones is 1. The summed E-state index contributed by atoms with van der Waals surface area (Å²) in [7, 11) is 0. The minimum atomic E-state index is -4.40. The summed E-state index contributed by atoms with van der Waals surface area (Å²) in [5.74, 6) is -0.431. The van der Waals surface area contributed by atoms with Crippen LogP contribution in [-0.2, 0) is 12.6 Å². The normalized spacial score (nSPS) is 11.6. The summed E-state index contributed by atoms with van der Waals surface area (Å²) in [6, 6.07) is 9.93. The predicted molar refractivity (Wildman–Crippen MR) is 77.2 cm³/mol. The highest BCUT2D eigenvalue weighted by Gasteiger charge is 2.29. The molecule has 2 rings (SSSR count). The maximum absolute atomic E-state index is 12.5. The molecule has 0 bridgehead atoms. The van der Waals surface area contributed by atoms with Crippen LogP contribution in [-0.4, -0.2) is 12.4 Å². The Morgan fingerprint density at radius 3 is 2.29 bits per heavy atom. The molecule has 2 aromatic rings. The number of hydrogen-bond acceptors (Lipinski definition) is 2. The van der Waals surface area contributed by atoms with Gasteiger partial charge in [-0.15, -0.1) is 0 Å². The third-order valence-corrected chi connectivity index (χ3v) is 3.30. The van der Waals surface area contributed by atoms with Gasteiger partial charge in [-0.05, 0) is 36.2 Å². The molecule has 0 saturated heterocycles. The number of Topliss-reactive ketones (excluding diaryl/α,β-unsaturated/α-hetero) is 1. The van der Waals surface area contributed by atoms with Gasteiger partial charge in [0.15, 0.2) is 5.78 Å². The largest absolute Gasteiger partial charge is 0.435 e. The molecule has 24 heavy (non-hydrogen) atoms. The van der Waals surface area contributed by atoms with Crippen LogP contribution in [0.3, 0.4) is 0 Å². The molecule has 0 fully saturated rings. The average Bonchev–Trinajstić information content (AvgIpc) is 2.52. The highest BCUT2D eigenvalue weighted by Crippen LogP contribution is 2.29. The van der Waals surface area contributed by atoms with E-state index in [1.807, 2.05) is 0 Å². The zero-order valence-electron chi connectivity index (χ0n) is 12.3. The van der Waals surface area contributed by atoms with Crippen LogP contribution in [0.1, 0.15) is 27.9 Å². The van der Waals surface area contributed by atoms with Crippen molar-refractivity contribution in [3.63, 3.8) is 0 Å². The van der Waals surface area contributed by atoms with Crippen LogP contribution >= 0.6 is 0 Å². The molecule has 0 aromatic heterocycles. The zero-order valence-corrected chi connectivity index (χ0v) is 12.3. The van der Waals surface area contributed by atoms with Crippen LogP contribution in [0, 0.1) is 0 Å². The zero-order chi connectivity index (χ0) is 17.7. The summed E-state index contributed by atoms with van der Waals surface area (Å²) in [6.07, 6.45) is -4.11. The molecular weight excluding hydrogens is 331 g/mol. The SMILES string of the molecule is O=C(CCc1ccc(C(F)(F)F)cc1)c1cccc(OC(F)F)c1. The van der Waals surface area contributed by atoms with Gasteiger partial charge in [0.2, 0.25) is 0 Å². The Labute approximate surface area is 134 Å². The van der Waals surface area contributed by atoms with Crippen molar-refractivity contribution in [2.75, 3.05) is 0 Å².